The molecule has 0 spiro atoms. The van der Waals surface area contributed by atoms with Gasteiger partial charge in [-0.3, -0.25) is 4.79 Å². The van der Waals surface area contributed by atoms with Crippen LogP contribution in [-0.4, -0.2) is 53.4 Å². The summed E-state index contributed by atoms with van der Waals surface area (Å²) >= 11 is 1.26. The summed E-state index contributed by atoms with van der Waals surface area (Å²) in [5, 5.41) is 0.588. The number of thioether (sulfide) groups is 1. The molecular weight excluding hydrogens is 425 g/mol. The van der Waals surface area contributed by atoms with E-state index in [0.29, 0.717) is 23.7 Å². The summed E-state index contributed by atoms with van der Waals surface area (Å²) in [6, 6.07) is 9.86. The van der Waals surface area contributed by atoms with E-state index in [2.05, 4.69) is 4.98 Å². The third kappa shape index (κ3) is 4.84. The monoisotopic (exact) mass is 449 g/mol. The van der Waals surface area contributed by atoms with Crippen LogP contribution >= 0.6 is 11.8 Å². The van der Waals surface area contributed by atoms with E-state index in [0.717, 1.165) is 25.7 Å². The van der Waals surface area contributed by atoms with E-state index in [4.69, 9.17) is 0 Å². The molecule has 0 atom stereocenters. The van der Waals surface area contributed by atoms with Gasteiger partial charge in [0.25, 0.3) is 0 Å². The van der Waals surface area contributed by atoms with Crippen molar-refractivity contribution in [3.63, 3.8) is 0 Å². The predicted molar refractivity (Wildman–Crippen MR) is 113 cm³/mol. The van der Waals surface area contributed by atoms with Crippen LogP contribution in [0, 0.1) is 5.82 Å². The second-order valence-electron chi connectivity index (χ2n) is 7.58. The van der Waals surface area contributed by atoms with E-state index in [-0.39, 0.29) is 35.0 Å². The molecule has 1 saturated heterocycles. The maximum Gasteiger partial charge on any atom is 0.244 e. The molecule has 2 fully saturated rings. The molecule has 4 rings (SSSR count). The van der Waals surface area contributed by atoms with Gasteiger partial charge >= 0.3 is 0 Å². The fourth-order valence-electron chi connectivity index (χ4n) is 3.52. The highest BCUT2D eigenvalue weighted by Gasteiger charge is 2.33. The average Bonchev–Trinajstić information content (AvgIpc) is 3.42. The van der Waals surface area contributed by atoms with E-state index < -0.39 is 10.0 Å². The lowest BCUT2D eigenvalue weighted by Gasteiger charge is -2.22. The van der Waals surface area contributed by atoms with Crippen molar-refractivity contribution in [1.82, 2.24) is 14.2 Å². The molecule has 2 aliphatic rings. The Balaban J connectivity index is 1.37. The molecule has 0 N–H and O–H groups in total. The average molecular weight is 450 g/mol. The first-order valence-electron chi connectivity index (χ1n) is 10.1. The number of aromatic nitrogens is 1. The highest BCUT2D eigenvalue weighted by atomic mass is 32.2. The number of hydrogen-bond donors (Lipinski definition) is 0. The number of rotatable bonds is 8. The summed E-state index contributed by atoms with van der Waals surface area (Å²) in [5.74, 6) is -0.197. The van der Waals surface area contributed by atoms with Gasteiger partial charge in [0, 0.05) is 37.4 Å². The Morgan fingerprint density at radius 1 is 1.17 bits per heavy atom. The predicted octanol–water partition coefficient (Wildman–Crippen LogP) is 3.29. The maximum atomic E-state index is 14.0. The molecule has 0 unspecified atom stereocenters. The zero-order valence-corrected chi connectivity index (χ0v) is 18.2. The van der Waals surface area contributed by atoms with Gasteiger partial charge in [-0.25, -0.2) is 17.8 Å². The zero-order valence-electron chi connectivity index (χ0n) is 16.5. The summed E-state index contributed by atoms with van der Waals surface area (Å²) in [5.41, 5.74) is 0.511. The molecule has 1 aromatic carbocycles. The molecule has 1 aromatic heterocycles. The lowest BCUT2D eigenvalue weighted by molar-refractivity contribution is -0.129. The topological polar surface area (TPSA) is 70.6 Å². The van der Waals surface area contributed by atoms with Gasteiger partial charge in [-0.05, 0) is 43.9 Å². The quantitative estimate of drug-likeness (QED) is 0.579. The molecule has 1 aliphatic carbocycles. The summed E-state index contributed by atoms with van der Waals surface area (Å²) in [6.45, 7) is 1.36. The fourth-order valence-corrected chi connectivity index (χ4v) is 5.71. The number of carbonyl (C=O) groups is 1. The first-order valence-corrected chi connectivity index (χ1v) is 12.5. The minimum atomic E-state index is -3.49. The fraction of sp³-hybridized carbons (Fsp3) is 0.429. The van der Waals surface area contributed by atoms with Crippen LogP contribution in [-0.2, 0) is 21.4 Å². The molecule has 30 heavy (non-hydrogen) atoms. The number of halogens is 1. The molecule has 1 amide bonds. The minimum absolute atomic E-state index is 0.0682. The third-order valence-electron chi connectivity index (χ3n) is 5.36. The second kappa shape index (κ2) is 9.03. The van der Waals surface area contributed by atoms with Crippen molar-refractivity contribution in [2.45, 2.75) is 48.2 Å². The van der Waals surface area contributed by atoms with Gasteiger partial charge in [0.15, 0.2) is 0 Å². The Morgan fingerprint density at radius 3 is 2.53 bits per heavy atom. The maximum absolute atomic E-state index is 14.0. The Hall–Kier alpha value is -1.97. The van der Waals surface area contributed by atoms with Crippen LogP contribution in [0.5, 0.6) is 0 Å². The summed E-state index contributed by atoms with van der Waals surface area (Å²) in [6.07, 6.45) is 5.00. The van der Waals surface area contributed by atoms with Crippen molar-refractivity contribution in [3.8, 4) is 0 Å². The summed E-state index contributed by atoms with van der Waals surface area (Å²) in [7, 11) is -3.49. The number of sulfonamides is 1. The number of pyridine rings is 1. The molecule has 9 heteroatoms. The Morgan fingerprint density at radius 2 is 1.90 bits per heavy atom. The summed E-state index contributed by atoms with van der Waals surface area (Å²) in [4.78, 5) is 18.9. The standard InChI is InChI=1S/C21H24FN3O3S2/c22-19-6-2-1-5-16(19)14-25(17-7-8-17)21(26)15-29-20-10-9-18(13-23-20)30(27,28)24-11-3-4-12-24/h1-2,5-6,9-10,13,17H,3-4,7-8,11-12,14-15H2. The molecule has 1 aliphatic heterocycles. The van der Waals surface area contributed by atoms with Gasteiger partial charge in [0.2, 0.25) is 15.9 Å². The minimum Gasteiger partial charge on any atom is -0.335 e. The van der Waals surface area contributed by atoms with Crippen LogP contribution in [0.4, 0.5) is 4.39 Å². The van der Waals surface area contributed by atoms with Gasteiger partial charge in [0.05, 0.1) is 10.8 Å². The van der Waals surface area contributed by atoms with Crippen molar-refractivity contribution < 1.29 is 17.6 Å². The van der Waals surface area contributed by atoms with Crippen molar-refractivity contribution in [3.05, 3.63) is 54.0 Å². The molecule has 2 aromatic rings. The van der Waals surface area contributed by atoms with Crippen molar-refractivity contribution in [2.75, 3.05) is 18.8 Å². The van der Waals surface area contributed by atoms with Gasteiger partial charge in [-0.1, -0.05) is 30.0 Å². The van der Waals surface area contributed by atoms with Gasteiger partial charge in [-0.15, -0.1) is 0 Å². The van der Waals surface area contributed by atoms with Crippen molar-refractivity contribution >= 4 is 27.7 Å². The number of carbonyl (C=O) groups excluding carboxylic acids is 1. The number of hydrogen-bond acceptors (Lipinski definition) is 5. The number of amides is 1. The van der Waals surface area contributed by atoms with Crippen LogP contribution in [0.3, 0.4) is 0 Å². The van der Waals surface area contributed by atoms with E-state index in [9.17, 15) is 17.6 Å². The van der Waals surface area contributed by atoms with Crippen molar-refractivity contribution in [1.29, 1.82) is 0 Å². The van der Waals surface area contributed by atoms with E-state index in [1.165, 1.54) is 28.3 Å². The Labute approximate surface area is 180 Å². The molecule has 6 nitrogen and oxygen atoms in total. The Bertz CT molecular complexity index is 1000. The van der Waals surface area contributed by atoms with Crippen LogP contribution in [0.1, 0.15) is 31.2 Å². The zero-order chi connectivity index (χ0) is 21.1. The molecule has 1 saturated carbocycles. The second-order valence-corrected chi connectivity index (χ2v) is 10.5. The van der Waals surface area contributed by atoms with Crippen molar-refractivity contribution in [2.24, 2.45) is 0 Å². The number of nitrogens with zero attached hydrogens (tertiary/aromatic N) is 3. The van der Waals surface area contributed by atoms with E-state index >= 15 is 0 Å². The van der Waals surface area contributed by atoms with E-state index in [1.807, 2.05) is 0 Å². The third-order valence-corrected chi connectivity index (χ3v) is 8.17. The highest BCUT2D eigenvalue weighted by Crippen LogP contribution is 2.30. The van der Waals surface area contributed by atoms with Crippen LogP contribution < -0.4 is 0 Å². The van der Waals surface area contributed by atoms with Crippen LogP contribution in [0.15, 0.2) is 52.5 Å². The smallest absolute Gasteiger partial charge is 0.244 e. The van der Waals surface area contributed by atoms with Crippen LogP contribution in [0.25, 0.3) is 0 Å². The SMILES string of the molecule is O=C(CSc1ccc(S(=O)(=O)N2CCCC2)cn1)N(Cc1ccccc1F)C1CC1. The molecule has 0 bridgehead atoms. The first kappa shape index (κ1) is 21.3. The highest BCUT2D eigenvalue weighted by molar-refractivity contribution is 7.99. The van der Waals surface area contributed by atoms with E-state index in [1.54, 1.807) is 35.2 Å². The lowest BCUT2D eigenvalue weighted by atomic mass is 10.2. The number of benzene rings is 1. The normalized spacial score (nSPS) is 17.2. The first-order chi connectivity index (χ1) is 14.4. The van der Waals surface area contributed by atoms with Gasteiger partial charge in [0.1, 0.15) is 10.7 Å². The molecule has 0 radical (unpaired) electrons. The largest absolute Gasteiger partial charge is 0.335 e. The molecule has 2 heterocycles. The van der Waals surface area contributed by atoms with Gasteiger partial charge < -0.3 is 4.90 Å². The lowest BCUT2D eigenvalue weighted by Crippen LogP contribution is -2.34. The Kier molecular flexibility index (Phi) is 6.40. The van der Waals surface area contributed by atoms with Crippen LogP contribution in [0.2, 0.25) is 0 Å². The summed E-state index contributed by atoms with van der Waals surface area (Å²) < 4.78 is 40.6. The molecule has 160 valence electrons. The van der Waals surface area contributed by atoms with Gasteiger partial charge in [-0.2, -0.15) is 4.31 Å². The molecular formula is C21H24FN3O3S2.